The van der Waals surface area contributed by atoms with Crippen LogP contribution in [-0.2, 0) is 0 Å². The van der Waals surface area contributed by atoms with Crippen LogP contribution >= 0.6 is 15.9 Å². The lowest BCUT2D eigenvalue weighted by Gasteiger charge is -2.38. The zero-order chi connectivity index (χ0) is 13.3. The zero-order valence-corrected chi connectivity index (χ0v) is 13.0. The number of hydrogen-bond donors (Lipinski definition) is 1. The number of hydrogen-bond acceptors (Lipinski definition) is 2. The van der Waals surface area contributed by atoms with E-state index in [9.17, 15) is 5.11 Å². The molecule has 100 valence electrons. The highest BCUT2D eigenvalue weighted by atomic mass is 79.9. The maximum Gasteiger partial charge on any atom is 0.0434 e. The van der Waals surface area contributed by atoms with Crippen molar-refractivity contribution in [2.24, 2.45) is 5.92 Å². The Morgan fingerprint density at radius 3 is 2.78 bits per heavy atom. The predicted molar refractivity (Wildman–Crippen MR) is 80.1 cm³/mol. The van der Waals surface area contributed by atoms with E-state index >= 15 is 0 Å². The summed E-state index contributed by atoms with van der Waals surface area (Å²) in [4.78, 5) is 2.48. The van der Waals surface area contributed by atoms with Gasteiger partial charge in [-0.05, 0) is 63.3 Å². The molecule has 0 saturated carbocycles. The van der Waals surface area contributed by atoms with Gasteiger partial charge in [0.2, 0.25) is 0 Å². The second-order valence-electron chi connectivity index (χ2n) is 5.74. The maximum atomic E-state index is 9.17. The fraction of sp³-hybridized carbons (Fsp3) is 0.600. The molecule has 1 unspecified atom stereocenters. The van der Waals surface area contributed by atoms with E-state index in [0.717, 1.165) is 17.4 Å². The molecule has 2 rings (SSSR count). The molecule has 1 fully saturated rings. The first kappa shape index (κ1) is 13.9. The molecule has 0 amide bonds. The Morgan fingerprint density at radius 1 is 1.44 bits per heavy atom. The molecular weight excluding hydrogens is 290 g/mol. The van der Waals surface area contributed by atoms with Crippen LogP contribution in [0.5, 0.6) is 0 Å². The minimum absolute atomic E-state index is 0.128. The van der Waals surface area contributed by atoms with E-state index in [-0.39, 0.29) is 5.54 Å². The van der Waals surface area contributed by atoms with Crippen LogP contribution in [0.4, 0.5) is 5.69 Å². The molecular formula is C15H22BrNO. The van der Waals surface area contributed by atoms with E-state index < -0.39 is 0 Å². The summed E-state index contributed by atoms with van der Waals surface area (Å²) in [5.74, 6) is 0.575. The molecule has 1 aromatic carbocycles. The van der Waals surface area contributed by atoms with Crippen LogP contribution in [-0.4, -0.2) is 23.8 Å². The van der Waals surface area contributed by atoms with E-state index in [4.69, 9.17) is 0 Å². The van der Waals surface area contributed by atoms with Crippen molar-refractivity contribution in [3.63, 3.8) is 0 Å². The molecule has 1 aromatic rings. The summed E-state index contributed by atoms with van der Waals surface area (Å²) in [7, 11) is 0. The molecule has 0 aliphatic carbocycles. The van der Waals surface area contributed by atoms with Crippen molar-refractivity contribution in [3.05, 3.63) is 28.2 Å². The van der Waals surface area contributed by atoms with E-state index in [2.05, 4.69) is 59.8 Å². The second-order valence-corrected chi connectivity index (χ2v) is 6.59. The number of rotatable bonds is 3. The lowest BCUT2D eigenvalue weighted by molar-refractivity contribution is 0.229. The Bertz CT molecular complexity index is 431. The van der Waals surface area contributed by atoms with Crippen molar-refractivity contribution in [2.45, 2.75) is 39.2 Å². The lowest BCUT2D eigenvalue weighted by Crippen LogP contribution is -2.42. The average molecular weight is 312 g/mol. The van der Waals surface area contributed by atoms with Crippen LogP contribution in [0, 0.1) is 12.8 Å². The van der Waals surface area contributed by atoms with E-state index in [0.29, 0.717) is 12.5 Å². The zero-order valence-electron chi connectivity index (χ0n) is 11.4. The molecule has 1 aliphatic heterocycles. The van der Waals surface area contributed by atoms with Gasteiger partial charge in [0, 0.05) is 28.9 Å². The average Bonchev–Trinajstić information content (AvgIpc) is 2.60. The number of anilines is 1. The number of aliphatic hydroxyl groups is 1. The van der Waals surface area contributed by atoms with Gasteiger partial charge in [-0.3, -0.25) is 0 Å². The van der Waals surface area contributed by atoms with Crippen LogP contribution in [0.1, 0.15) is 32.3 Å². The van der Waals surface area contributed by atoms with Crippen molar-refractivity contribution >= 4 is 21.6 Å². The largest absolute Gasteiger partial charge is 0.396 e. The van der Waals surface area contributed by atoms with Gasteiger partial charge in [0.1, 0.15) is 0 Å². The Hall–Kier alpha value is -0.540. The third-order valence-corrected chi connectivity index (χ3v) is 5.22. The van der Waals surface area contributed by atoms with Crippen molar-refractivity contribution in [3.8, 4) is 0 Å². The molecule has 1 heterocycles. The molecule has 0 aromatic heterocycles. The van der Waals surface area contributed by atoms with Crippen molar-refractivity contribution in [2.75, 3.05) is 18.1 Å². The molecule has 1 N–H and O–H groups in total. The lowest BCUT2D eigenvalue weighted by atomic mass is 9.86. The van der Waals surface area contributed by atoms with E-state index in [1.165, 1.54) is 17.7 Å². The first-order chi connectivity index (χ1) is 8.46. The minimum Gasteiger partial charge on any atom is -0.396 e. The number of aliphatic hydroxyl groups excluding tert-OH is 1. The van der Waals surface area contributed by atoms with Crippen LogP contribution in [0.25, 0.3) is 0 Å². The quantitative estimate of drug-likeness (QED) is 0.919. The highest BCUT2D eigenvalue weighted by Crippen LogP contribution is 2.40. The van der Waals surface area contributed by atoms with E-state index in [1.54, 1.807) is 0 Å². The molecule has 1 atom stereocenters. The number of halogens is 1. The van der Waals surface area contributed by atoms with Crippen molar-refractivity contribution in [1.29, 1.82) is 0 Å². The van der Waals surface area contributed by atoms with Gasteiger partial charge in [-0.25, -0.2) is 0 Å². The Kier molecular flexibility index (Phi) is 4.02. The SMILES string of the molecule is Cc1cc(N2CCC(CCO)C2(C)C)ccc1Br. The van der Waals surface area contributed by atoms with E-state index in [1.807, 2.05) is 0 Å². The van der Waals surface area contributed by atoms with Gasteiger partial charge < -0.3 is 10.0 Å². The van der Waals surface area contributed by atoms with Gasteiger partial charge in [0.15, 0.2) is 0 Å². The molecule has 1 aliphatic rings. The summed E-state index contributed by atoms with van der Waals surface area (Å²) in [6, 6.07) is 6.55. The topological polar surface area (TPSA) is 23.5 Å². The molecule has 0 radical (unpaired) electrons. The van der Waals surface area contributed by atoms with Crippen LogP contribution in [0.2, 0.25) is 0 Å². The van der Waals surface area contributed by atoms with Crippen molar-refractivity contribution < 1.29 is 5.11 Å². The first-order valence-corrected chi connectivity index (χ1v) is 7.40. The summed E-state index contributed by atoms with van der Waals surface area (Å²) in [5, 5.41) is 9.17. The highest BCUT2D eigenvalue weighted by Gasteiger charge is 2.40. The standard InChI is InChI=1S/C15H22BrNO/c1-11-10-13(4-5-14(11)16)17-8-6-12(7-9-18)15(17,2)3/h4-5,10,12,18H,6-9H2,1-3H3. The smallest absolute Gasteiger partial charge is 0.0434 e. The number of nitrogens with zero attached hydrogens (tertiary/aromatic N) is 1. The van der Waals surface area contributed by atoms with Gasteiger partial charge in [-0.2, -0.15) is 0 Å². The Morgan fingerprint density at radius 2 is 2.17 bits per heavy atom. The number of benzene rings is 1. The molecule has 1 saturated heterocycles. The number of aryl methyl sites for hydroxylation is 1. The Balaban J connectivity index is 2.26. The fourth-order valence-corrected chi connectivity index (χ4v) is 3.31. The maximum absolute atomic E-state index is 9.17. The predicted octanol–water partition coefficient (Wildman–Crippen LogP) is 3.74. The summed E-state index contributed by atoms with van der Waals surface area (Å²) in [5.41, 5.74) is 2.69. The fourth-order valence-electron chi connectivity index (χ4n) is 3.06. The van der Waals surface area contributed by atoms with Gasteiger partial charge >= 0.3 is 0 Å². The normalized spacial score (nSPS) is 22.5. The third-order valence-electron chi connectivity index (χ3n) is 4.33. The molecule has 0 spiro atoms. The van der Waals surface area contributed by atoms with Gasteiger partial charge in [0.05, 0.1) is 0 Å². The second kappa shape index (κ2) is 5.22. The Labute approximate surface area is 118 Å². The summed E-state index contributed by atoms with van der Waals surface area (Å²) >= 11 is 3.55. The van der Waals surface area contributed by atoms with Crippen LogP contribution in [0.15, 0.2) is 22.7 Å². The van der Waals surface area contributed by atoms with Crippen LogP contribution < -0.4 is 4.90 Å². The third kappa shape index (κ3) is 2.43. The first-order valence-electron chi connectivity index (χ1n) is 6.61. The molecule has 3 heteroatoms. The minimum atomic E-state index is 0.128. The van der Waals surface area contributed by atoms with Crippen LogP contribution in [0.3, 0.4) is 0 Å². The summed E-state index contributed by atoms with van der Waals surface area (Å²) < 4.78 is 1.16. The molecule has 2 nitrogen and oxygen atoms in total. The van der Waals surface area contributed by atoms with Gasteiger partial charge in [-0.15, -0.1) is 0 Å². The monoisotopic (exact) mass is 311 g/mol. The molecule has 0 bridgehead atoms. The molecule has 18 heavy (non-hydrogen) atoms. The summed E-state index contributed by atoms with van der Waals surface area (Å²) in [6.45, 7) is 8.08. The van der Waals surface area contributed by atoms with Gasteiger partial charge in [0.25, 0.3) is 0 Å². The van der Waals surface area contributed by atoms with Gasteiger partial charge in [-0.1, -0.05) is 15.9 Å². The van der Waals surface area contributed by atoms with Crippen molar-refractivity contribution in [1.82, 2.24) is 0 Å². The summed E-state index contributed by atoms with van der Waals surface area (Å²) in [6.07, 6.45) is 2.07. The highest BCUT2D eigenvalue weighted by molar-refractivity contribution is 9.10.